The summed E-state index contributed by atoms with van der Waals surface area (Å²) in [5.74, 6) is 1.54. The first-order chi connectivity index (χ1) is 7.27. The average Bonchev–Trinajstić information content (AvgIpc) is 2.29. The van der Waals surface area contributed by atoms with Gasteiger partial charge in [-0.1, -0.05) is 44.0 Å². The van der Waals surface area contributed by atoms with Gasteiger partial charge < -0.3 is 4.74 Å². The molecule has 0 aliphatic carbocycles. The van der Waals surface area contributed by atoms with Gasteiger partial charge >= 0.3 is 0 Å². The van der Waals surface area contributed by atoms with E-state index in [4.69, 9.17) is 4.74 Å². The molecular formula is C14H12O. The Labute approximate surface area is 89.7 Å². The van der Waals surface area contributed by atoms with Crippen molar-refractivity contribution >= 4 is 5.57 Å². The molecule has 74 valence electrons. The lowest BCUT2D eigenvalue weighted by atomic mass is 9.95. The second kappa shape index (κ2) is 3.62. The smallest absolute Gasteiger partial charge is 0.135 e. The van der Waals surface area contributed by atoms with Crippen LogP contribution in [0.5, 0.6) is 5.75 Å². The van der Waals surface area contributed by atoms with Crippen LogP contribution in [0.15, 0.2) is 67.5 Å². The third-order valence-electron chi connectivity index (χ3n) is 2.41. The number of benzene rings is 1. The lowest BCUT2D eigenvalue weighted by molar-refractivity contribution is 0.436. The fraction of sp³-hybridized carbons (Fsp3) is 0. The lowest BCUT2D eigenvalue weighted by Crippen LogP contribution is -2.06. The highest BCUT2D eigenvalue weighted by molar-refractivity contribution is 5.85. The molecule has 1 aliphatic rings. The Morgan fingerprint density at radius 2 is 1.80 bits per heavy atom. The van der Waals surface area contributed by atoms with E-state index in [1.807, 2.05) is 24.3 Å². The first-order valence-electron chi connectivity index (χ1n) is 4.73. The number of para-hydroxylation sites is 1. The fourth-order valence-electron chi connectivity index (χ4n) is 1.65. The third kappa shape index (κ3) is 1.42. The van der Waals surface area contributed by atoms with Crippen LogP contribution in [0, 0.1) is 0 Å². The summed E-state index contributed by atoms with van der Waals surface area (Å²) >= 11 is 0. The Kier molecular flexibility index (Phi) is 2.30. The number of fused-ring (bicyclic) bond motifs is 1. The topological polar surface area (TPSA) is 9.23 Å². The second-order valence-electron chi connectivity index (χ2n) is 3.26. The van der Waals surface area contributed by atoms with Crippen LogP contribution in [0.2, 0.25) is 0 Å². The molecule has 0 radical (unpaired) electrons. The maximum Gasteiger partial charge on any atom is 0.135 e. The number of hydrogen-bond donors (Lipinski definition) is 0. The molecule has 0 unspecified atom stereocenters. The molecule has 2 rings (SSSR count). The molecule has 1 aromatic rings. The van der Waals surface area contributed by atoms with E-state index >= 15 is 0 Å². The van der Waals surface area contributed by atoms with Gasteiger partial charge in [0.05, 0.1) is 0 Å². The van der Waals surface area contributed by atoms with Gasteiger partial charge in [-0.25, -0.2) is 0 Å². The molecule has 0 bridgehead atoms. The molecule has 0 saturated heterocycles. The SMILES string of the molecule is C=CC1=C(C=C)C(=C)c2ccccc2O1. The van der Waals surface area contributed by atoms with E-state index in [0.717, 1.165) is 22.5 Å². The summed E-state index contributed by atoms with van der Waals surface area (Å²) in [6, 6.07) is 7.81. The summed E-state index contributed by atoms with van der Waals surface area (Å²) in [4.78, 5) is 0. The molecule has 0 aromatic heterocycles. The Balaban J connectivity index is 2.61. The molecule has 0 spiro atoms. The van der Waals surface area contributed by atoms with Gasteiger partial charge in [-0.2, -0.15) is 0 Å². The molecule has 1 heterocycles. The van der Waals surface area contributed by atoms with E-state index in [1.54, 1.807) is 12.2 Å². The summed E-state index contributed by atoms with van der Waals surface area (Å²) < 4.78 is 5.68. The van der Waals surface area contributed by atoms with Crippen molar-refractivity contribution in [2.75, 3.05) is 0 Å². The van der Waals surface area contributed by atoms with Crippen LogP contribution in [0.3, 0.4) is 0 Å². The number of ether oxygens (including phenoxy) is 1. The van der Waals surface area contributed by atoms with Crippen LogP contribution in [-0.4, -0.2) is 0 Å². The molecule has 1 nitrogen and oxygen atoms in total. The summed E-state index contributed by atoms with van der Waals surface area (Å²) in [5.41, 5.74) is 2.85. The van der Waals surface area contributed by atoms with Crippen molar-refractivity contribution in [2.24, 2.45) is 0 Å². The Morgan fingerprint density at radius 1 is 1.07 bits per heavy atom. The van der Waals surface area contributed by atoms with Crippen LogP contribution in [0.4, 0.5) is 0 Å². The van der Waals surface area contributed by atoms with Crippen LogP contribution in [0.25, 0.3) is 5.57 Å². The molecule has 15 heavy (non-hydrogen) atoms. The van der Waals surface area contributed by atoms with Gasteiger partial charge in [0, 0.05) is 11.1 Å². The zero-order valence-corrected chi connectivity index (χ0v) is 8.49. The van der Waals surface area contributed by atoms with Gasteiger partial charge in [-0.05, 0) is 17.7 Å². The van der Waals surface area contributed by atoms with Crippen molar-refractivity contribution < 1.29 is 4.74 Å². The van der Waals surface area contributed by atoms with Crippen molar-refractivity contribution in [3.05, 3.63) is 73.1 Å². The molecule has 0 amide bonds. The number of rotatable bonds is 2. The van der Waals surface area contributed by atoms with Gasteiger partial charge in [0.15, 0.2) is 0 Å². The summed E-state index contributed by atoms with van der Waals surface area (Å²) in [7, 11) is 0. The number of allylic oxidation sites excluding steroid dienone is 4. The number of hydrogen-bond acceptors (Lipinski definition) is 1. The van der Waals surface area contributed by atoms with E-state index < -0.39 is 0 Å². The maximum absolute atomic E-state index is 5.68. The van der Waals surface area contributed by atoms with Gasteiger partial charge in [0.1, 0.15) is 11.5 Å². The summed E-state index contributed by atoms with van der Waals surface area (Å²) in [6.45, 7) is 11.5. The van der Waals surface area contributed by atoms with Crippen molar-refractivity contribution in [1.29, 1.82) is 0 Å². The fourth-order valence-corrected chi connectivity index (χ4v) is 1.65. The maximum atomic E-state index is 5.68. The van der Waals surface area contributed by atoms with E-state index in [0.29, 0.717) is 5.76 Å². The molecular weight excluding hydrogens is 184 g/mol. The first kappa shape index (κ1) is 9.53. The molecule has 0 atom stereocenters. The molecule has 1 aromatic carbocycles. The Morgan fingerprint density at radius 3 is 2.47 bits per heavy atom. The normalized spacial score (nSPS) is 14.3. The minimum atomic E-state index is 0.716. The van der Waals surface area contributed by atoms with Crippen LogP contribution < -0.4 is 4.74 Å². The zero-order chi connectivity index (χ0) is 10.8. The van der Waals surface area contributed by atoms with Gasteiger partial charge in [-0.15, -0.1) is 0 Å². The molecule has 0 fully saturated rings. The molecule has 0 N–H and O–H groups in total. The molecule has 1 aliphatic heterocycles. The van der Waals surface area contributed by atoms with E-state index in [9.17, 15) is 0 Å². The minimum absolute atomic E-state index is 0.716. The average molecular weight is 196 g/mol. The van der Waals surface area contributed by atoms with Crippen molar-refractivity contribution in [1.82, 2.24) is 0 Å². The van der Waals surface area contributed by atoms with Crippen LogP contribution >= 0.6 is 0 Å². The van der Waals surface area contributed by atoms with Crippen molar-refractivity contribution in [2.45, 2.75) is 0 Å². The monoisotopic (exact) mass is 196 g/mol. The van der Waals surface area contributed by atoms with E-state index in [1.165, 1.54) is 0 Å². The van der Waals surface area contributed by atoms with E-state index in [-0.39, 0.29) is 0 Å². The lowest BCUT2D eigenvalue weighted by Gasteiger charge is -2.21. The summed E-state index contributed by atoms with van der Waals surface area (Å²) in [6.07, 6.45) is 3.42. The minimum Gasteiger partial charge on any atom is -0.456 e. The summed E-state index contributed by atoms with van der Waals surface area (Å²) in [5, 5.41) is 0. The van der Waals surface area contributed by atoms with E-state index in [2.05, 4.69) is 19.7 Å². The second-order valence-corrected chi connectivity index (χ2v) is 3.26. The zero-order valence-electron chi connectivity index (χ0n) is 8.49. The molecule has 0 saturated carbocycles. The highest BCUT2D eigenvalue weighted by atomic mass is 16.5. The highest BCUT2D eigenvalue weighted by Crippen LogP contribution is 2.37. The van der Waals surface area contributed by atoms with Gasteiger partial charge in [0.25, 0.3) is 0 Å². The first-order valence-corrected chi connectivity index (χ1v) is 4.73. The Bertz CT molecular complexity index is 478. The predicted molar refractivity (Wildman–Crippen MR) is 63.5 cm³/mol. The van der Waals surface area contributed by atoms with Crippen LogP contribution in [0.1, 0.15) is 5.56 Å². The standard InChI is InChI=1S/C14H12O/c1-4-11-10(3)12-8-6-7-9-14(12)15-13(11)5-2/h4-9H,1-3H2. The van der Waals surface area contributed by atoms with Crippen molar-refractivity contribution in [3.8, 4) is 5.75 Å². The molecule has 1 heteroatoms. The van der Waals surface area contributed by atoms with Gasteiger partial charge in [0.2, 0.25) is 0 Å². The predicted octanol–water partition coefficient (Wildman–Crippen LogP) is 3.72. The highest BCUT2D eigenvalue weighted by Gasteiger charge is 2.18. The van der Waals surface area contributed by atoms with Crippen molar-refractivity contribution in [3.63, 3.8) is 0 Å². The third-order valence-corrected chi connectivity index (χ3v) is 2.41. The van der Waals surface area contributed by atoms with Crippen LogP contribution in [-0.2, 0) is 0 Å². The Hall–Kier alpha value is -2.02. The largest absolute Gasteiger partial charge is 0.456 e. The quantitative estimate of drug-likeness (QED) is 0.700. The van der Waals surface area contributed by atoms with Gasteiger partial charge in [-0.3, -0.25) is 0 Å².